The van der Waals surface area contributed by atoms with Gasteiger partial charge >= 0.3 is 5.97 Å². The van der Waals surface area contributed by atoms with Crippen LogP contribution in [0, 0.1) is 5.82 Å². The van der Waals surface area contributed by atoms with Crippen LogP contribution in [0.5, 0.6) is 5.75 Å². The second kappa shape index (κ2) is 9.32. The van der Waals surface area contributed by atoms with Gasteiger partial charge in [0.1, 0.15) is 23.2 Å². The molecule has 9 heteroatoms. The van der Waals surface area contributed by atoms with Crippen LogP contribution in [0.3, 0.4) is 0 Å². The number of nitrogens with zero attached hydrogens (tertiary/aromatic N) is 3. The van der Waals surface area contributed by atoms with Gasteiger partial charge in [-0.15, -0.1) is 11.3 Å². The highest BCUT2D eigenvalue weighted by molar-refractivity contribution is 7.98. The molecule has 0 N–H and O–H groups in total. The molecule has 4 rings (SSSR count). The van der Waals surface area contributed by atoms with Crippen molar-refractivity contribution in [3.8, 4) is 22.0 Å². The third-order valence-electron chi connectivity index (χ3n) is 4.45. The molecule has 2 aromatic carbocycles. The molecule has 0 aliphatic heterocycles. The number of aromatic nitrogens is 3. The minimum atomic E-state index is -0.538. The Labute approximate surface area is 186 Å². The molecule has 2 aromatic heterocycles. The van der Waals surface area contributed by atoms with E-state index in [1.807, 2.05) is 35.9 Å². The van der Waals surface area contributed by atoms with E-state index in [0.717, 1.165) is 16.3 Å². The van der Waals surface area contributed by atoms with Crippen molar-refractivity contribution in [1.82, 2.24) is 14.5 Å². The lowest BCUT2D eigenvalue weighted by Crippen LogP contribution is -2.12. The summed E-state index contributed by atoms with van der Waals surface area (Å²) >= 11 is 2.83. The Kier molecular flexibility index (Phi) is 6.34. The number of hydrogen-bond donors (Lipinski definition) is 0. The normalized spacial score (nSPS) is 10.8. The molecule has 0 aliphatic carbocycles. The first-order chi connectivity index (χ1) is 15.1. The Hall–Kier alpha value is -3.17. The van der Waals surface area contributed by atoms with E-state index < -0.39 is 5.97 Å². The molecule has 6 nitrogen and oxygen atoms in total. The zero-order valence-electron chi connectivity index (χ0n) is 16.7. The standard InChI is InChI=1S/C22H18FN3O3S2/c1-28-19-6-4-3-5-17(19)20-25-15(13-31-20)12-29-21(27)18-11-24-22(30-2)26(18)16-9-7-14(23)8-10-16/h3-11,13H,12H2,1-2H3. The molecule has 0 radical (unpaired) electrons. The molecule has 0 saturated heterocycles. The van der Waals surface area contributed by atoms with Gasteiger partial charge in [-0.05, 0) is 42.7 Å². The summed E-state index contributed by atoms with van der Waals surface area (Å²) in [6.45, 7) is 0.0215. The van der Waals surface area contributed by atoms with Crippen molar-refractivity contribution in [2.24, 2.45) is 0 Å². The molecule has 0 atom stereocenters. The van der Waals surface area contributed by atoms with Crippen molar-refractivity contribution in [1.29, 1.82) is 0 Å². The van der Waals surface area contributed by atoms with Gasteiger partial charge in [0, 0.05) is 11.1 Å². The maximum absolute atomic E-state index is 13.3. The first-order valence-corrected chi connectivity index (χ1v) is 11.3. The van der Waals surface area contributed by atoms with Gasteiger partial charge in [-0.3, -0.25) is 4.57 Å². The topological polar surface area (TPSA) is 66.2 Å². The van der Waals surface area contributed by atoms with E-state index in [1.54, 1.807) is 23.8 Å². The zero-order valence-corrected chi connectivity index (χ0v) is 18.4. The summed E-state index contributed by atoms with van der Waals surface area (Å²) in [4.78, 5) is 21.6. The number of thiazole rings is 1. The fraction of sp³-hybridized carbons (Fsp3) is 0.136. The lowest BCUT2D eigenvalue weighted by atomic mass is 10.2. The lowest BCUT2D eigenvalue weighted by molar-refractivity contribution is 0.0458. The van der Waals surface area contributed by atoms with E-state index in [0.29, 0.717) is 16.5 Å². The summed E-state index contributed by atoms with van der Waals surface area (Å²) in [5, 5.41) is 3.23. The van der Waals surface area contributed by atoms with Crippen molar-refractivity contribution in [2.45, 2.75) is 11.8 Å². The minimum absolute atomic E-state index is 0.0215. The minimum Gasteiger partial charge on any atom is -0.496 e. The Bertz CT molecular complexity index is 1200. The Morgan fingerprint density at radius 3 is 2.71 bits per heavy atom. The number of methoxy groups -OCH3 is 1. The smallest absolute Gasteiger partial charge is 0.357 e. The van der Waals surface area contributed by atoms with Gasteiger partial charge < -0.3 is 9.47 Å². The number of carbonyl (C=O) groups is 1. The van der Waals surface area contributed by atoms with E-state index >= 15 is 0 Å². The van der Waals surface area contributed by atoms with Crippen LogP contribution in [0.2, 0.25) is 0 Å². The number of para-hydroxylation sites is 1. The van der Waals surface area contributed by atoms with E-state index in [4.69, 9.17) is 9.47 Å². The van der Waals surface area contributed by atoms with Crippen molar-refractivity contribution in [3.63, 3.8) is 0 Å². The van der Waals surface area contributed by atoms with E-state index in [9.17, 15) is 9.18 Å². The third kappa shape index (κ3) is 4.47. The highest BCUT2D eigenvalue weighted by Crippen LogP contribution is 2.32. The molecule has 0 saturated carbocycles. The van der Waals surface area contributed by atoms with Crippen LogP contribution >= 0.6 is 23.1 Å². The highest BCUT2D eigenvalue weighted by atomic mass is 32.2. The fourth-order valence-electron chi connectivity index (χ4n) is 2.99. The predicted octanol–water partition coefficient (Wildman–Crippen LogP) is 5.22. The molecule has 0 spiro atoms. The van der Waals surface area contributed by atoms with Crippen LogP contribution in [0.15, 0.2) is 65.3 Å². The van der Waals surface area contributed by atoms with Crippen LogP contribution in [-0.4, -0.2) is 33.9 Å². The van der Waals surface area contributed by atoms with Gasteiger partial charge in [-0.1, -0.05) is 23.9 Å². The average Bonchev–Trinajstić information content (AvgIpc) is 3.45. The Balaban J connectivity index is 1.52. The van der Waals surface area contributed by atoms with Gasteiger partial charge in [0.2, 0.25) is 0 Å². The summed E-state index contributed by atoms with van der Waals surface area (Å²) in [6, 6.07) is 13.5. The number of rotatable bonds is 7. The predicted molar refractivity (Wildman–Crippen MR) is 119 cm³/mol. The lowest BCUT2D eigenvalue weighted by Gasteiger charge is -2.10. The molecule has 0 fully saturated rings. The van der Waals surface area contributed by atoms with Crippen molar-refractivity contribution < 1.29 is 18.7 Å². The van der Waals surface area contributed by atoms with Crippen LogP contribution in [0.1, 0.15) is 16.2 Å². The quantitative estimate of drug-likeness (QED) is 0.281. The third-order valence-corrected chi connectivity index (χ3v) is 6.02. The number of benzene rings is 2. The molecule has 0 unspecified atom stereocenters. The van der Waals surface area contributed by atoms with E-state index in [1.165, 1.54) is 41.4 Å². The maximum atomic E-state index is 13.3. The largest absolute Gasteiger partial charge is 0.496 e. The maximum Gasteiger partial charge on any atom is 0.357 e. The Morgan fingerprint density at radius 1 is 1.19 bits per heavy atom. The van der Waals surface area contributed by atoms with Crippen molar-refractivity contribution in [2.75, 3.05) is 13.4 Å². The summed E-state index contributed by atoms with van der Waals surface area (Å²) < 4.78 is 25.8. The SMILES string of the molecule is COc1ccccc1-c1nc(COC(=O)c2cnc(SC)n2-c2ccc(F)cc2)cs1. The number of carbonyl (C=O) groups excluding carboxylic acids is 1. The first kappa shape index (κ1) is 21.1. The average molecular weight is 456 g/mol. The van der Waals surface area contributed by atoms with Gasteiger partial charge in [0.15, 0.2) is 10.9 Å². The summed E-state index contributed by atoms with van der Waals surface area (Å²) in [6.07, 6.45) is 3.31. The fourth-order valence-corrected chi connectivity index (χ4v) is 4.37. The number of imidazole rings is 1. The van der Waals surface area contributed by atoms with Crippen molar-refractivity contribution >= 4 is 29.1 Å². The van der Waals surface area contributed by atoms with Gasteiger partial charge in [0.25, 0.3) is 0 Å². The van der Waals surface area contributed by atoms with Crippen LogP contribution in [0.25, 0.3) is 16.3 Å². The molecule has 0 amide bonds. The molecule has 0 bridgehead atoms. The van der Waals surface area contributed by atoms with Crippen LogP contribution < -0.4 is 4.74 Å². The summed E-state index contributed by atoms with van der Waals surface area (Å²) in [5.74, 6) is -0.162. The molecule has 4 aromatic rings. The number of ether oxygens (including phenoxy) is 2. The van der Waals surface area contributed by atoms with E-state index in [-0.39, 0.29) is 18.1 Å². The van der Waals surface area contributed by atoms with Crippen LogP contribution in [0.4, 0.5) is 4.39 Å². The second-order valence-electron chi connectivity index (χ2n) is 6.36. The molecular weight excluding hydrogens is 437 g/mol. The van der Waals surface area contributed by atoms with E-state index in [2.05, 4.69) is 9.97 Å². The Morgan fingerprint density at radius 2 is 1.97 bits per heavy atom. The number of thioether (sulfide) groups is 1. The molecule has 0 aliphatic rings. The number of esters is 1. The van der Waals surface area contributed by atoms with Crippen LogP contribution in [-0.2, 0) is 11.3 Å². The summed E-state index contributed by atoms with van der Waals surface area (Å²) in [5.41, 5.74) is 2.40. The van der Waals surface area contributed by atoms with Gasteiger partial charge in [-0.2, -0.15) is 0 Å². The zero-order chi connectivity index (χ0) is 21.8. The highest BCUT2D eigenvalue weighted by Gasteiger charge is 2.20. The molecule has 158 valence electrons. The van der Waals surface area contributed by atoms with Gasteiger partial charge in [-0.25, -0.2) is 19.2 Å². The number of hydrogen-bond acceptors (Lipinski definition) is 7. The monoisotopic (exact) mass is 455 g/mol. The first-order valence-electron chi connectivity index (χ1n) is 9.23. The number of halogens is 1. The molecule has 31 heavy (non-hydrogen) atoms. The van der Waals surface area contributed by atoms with Crippen molar-refractivity contribution in [3.05, 3.63) is 77.3 Å². The molecular formula is C22H18FN3O3S2. The second-order valence-corrected chi connectivity index (χ2v) is 7.99. The summed E-state index contributed by atoms with van der Waals surface area (Å²) in [7, 11) is 1.61. The molecule has 2 heterocycles. The van der Waals surface area contributed by atoms with Gasteiger partial charge in [0.05, 0.1) is 24.6 Å².